The Balaban J connectivity index is 2.30. The Hall–Kier alpha value is -1.56. The van der Waals surface area contributed by atoms with E-state index in [0.29, 0.717) is 23.1 Å². The van der Waals surface area contributed by atoms with Crippen molar-refractivity contribution < 1.29 is 4.79 Å². The summed E-state index contributed by atoms with van der Waals surface area (Å²) in [7, 11) is 0. The number of aryl methyl sites for hydroxylation is 1. The molecule has 0 bridgehead atoms. The van der Waals surface area contributed by atoms with Gasteiger partial charge in [-0.05, 0) is 32.0 Å². The number of carbonyl (C=O) groups is 1. The van der Waals surface area contributed by atoms with Crippen LogP contribution >= 0.6 is 23.2 Å². The molecule has 0 unspecified atom stereocenters. The first kappa shape index (κ1) is 16.8. The van der Waals surface area contributed by atoms with Gasteiger partial charge in [-0.25, -0.2) is 4.68 Å². The van der Waals surface area contributed by atoms with Gasteiger partial charge < -0.3 is 11.1 Å². The second-order valence-corrected chi connectivity index (χ2v) is 5.79. The zero-order valence-corrected chi connectivity index (χ0v) is 14.0. The van der Waals surface area contributed by atoms with Crippen molar-refractivity contribution in [2.75, 3.05) is 13.1 Å². The van der Waals surface area contributed by atoms with Crippen LogP contribution in [-0.2, 0) is 11.2 Å². The minimum Gasteiger partial charge on any atom is -0.355 e. The summed E-state index contributed by atoms with van der Waals surface area (Å²) in [4.78, 5) is 11.9. The number of halogens is 2. The molecular weight excluding hydrogens is 323 g/mol. The molecule has 118 valence electrons. The van der Waals surface area contributed by atoms with E-state index in [1.807, 2.05) is 19.9 Å². The summed E-state index contributed by atoms with van der Waals surface area (Å²) in [5.41, 5.74) is 8.81. The van der Waals surface area contributed by atoms with Gasteiger partial charge in [0.05, 0.1) is 27.8 Å². The van der Waals surface area contributed by atoms with Crippen LogP contribution in [0, 0.1) is 13.8 Å². The van der Waals surface area contributed by atoms with Crippen LogP contribution in [0.4, 0.5) is 0 Å². The second kappa shape index (κ2) is 7.13. The second-order valence-electron chi connectivity index (χ2n) is 4.97. The Morgan fingerprint density at radius 1 is 1.32 bits per heavy atom. The molecule has 0 atom stereocenters. The molecule has 0 spiro atoms. The lowest BCUT2D eigenvalue weighted by molar-refractivity contribution is -0.120. The average Bonchev–Trinajstić information content (AvgIpc) is 2.76. The van der Waals surface area contributed by atoms with Gasteiger partial charge in [0.2, 0.25) is 5.91 Å². The highest BCUT2D eigenvalue weighted by Crippen LogP contribution is 2.26. The van der Waals surface area contributed by atoms with E-state index >= 15 is 0 Å². The number of benzene rings is 1. The molecule has 0 aliphatic heterocycles. The lowest BCUT2D eigenvalue weighted by Crippen LogP contribution is -2.30. The third kappa shape index (κ3) is 3.61. The Morgan fingerprint density at radius 3 is 2.68 bits per heavy atom. The predicted octanol–water partition coefficient (Wildman–Crippen LogP) is 2.41. The van der Waals surface area contributed by atoms with Gasteiger partial charge in [0, 0.05) is 24.3 Å². The van der Waals surface area contributed by atoms with Crippen molar-refractivity contribution in [1.29, 1.82) is 0 Å². The van der Waals surface area contributed by atoms with Crippen LogP contribution < -0.4 is 11.1 Å². The Labute approximate surface area is 139 Å². The zero-order chi connectivity index (χ0) is 16.3. The topological polar surface area (TPSA) is 72.9 Å². The standard InChI is InChI=1S/C15H18Cl2N4O/c1-9-12(8-15(22)19-6-5-18)10(2)21(20-9)11-3-4-13(16)14(17)7-11/h3-4,7H,5-6,8,18H2,1-2H3,(H,19,22). The molecular formula is C15H18Cl2N4O. The van der Waals surface area contributed by atoms with Crippen LogP contribution in [0.15, 0.2) is 18.2 Å². The number of aromatic nitrogens is 2. The highest BCUT2D eigenvalue weighted by atomic mass is 35.5. The quantitative estimate of drug-likeness (QED) is 0.877. The fourth-order valence-electron chi connectivity index (χ4n) is 2.23. The first-order valence-corrected chi connectivity index (χ1v) is 7.67. The fourth-order valence-corrected chi connectivity index (χ4v) is 2.53. The number of nitrogens with two attached hydrogens (primary N) is 1. The number of nitrogens with one attached hydrogen (secondary N) is 1. The van der Waals surface area contributed by atoms with E-state index in [1.165, 1.54) is 0 Å². The van der Waals surface area contributed by atoms with Gasteiger partial charge in [-0.1, -0.05) is 23.2 Å². The number of hydrogen-bond donors (Lipinski definition) is 2. The summed E-state index contributed by atoms with van der Waals surface area (Å²) in [6, 6.07) is 5.32. The van der Waals surface area contributed by atoms with E-state index in [2.05, 4.69) is 10.4 Å². The van der Waals surface area contributed by atoms with Crippen molar-refractivity contribution in [2.24, 2.45) is 5.73 Å². The summed E-state index contributed by atoms with van der Waals surface area (Å²) in [6.45, 7) is 4.70. The van der Waals surface area contributed by atoms with Gasteiger partial charge in [-0.2, -0.15) is 5.10 Å². The molecule has 5 nitrogen and oxygen atoms in total. The molecule has 3 N–H and O–H groups in total. The molecule has 7 heteroatoms. The molecule has 2 rings (SSSR count). The number of amides is 1. The first-order valence-electron chi connectivity index (χ1n) is 6.91. The third-order valence-corrected chi connectivity index (χ3v) is 4.13. The number of carbonyl (C=O) groups excluding carboxylic acids is 1. The van der Waals surface area contributed by atoms with E-state index in [0.717, 1.165) is 22.6 Å². The molecule has 0 fully saturated rings. The lowest BCUT2D eigenvalue weighted by Gasteiger charge is -2.07. The van der Waals surface area contributed by atoms with Crippen molar-refractivity contribution in [2.45, 2.75) is 20.3 Å². The maximum Gasteiger partial charge on any atom is 0.224 e. The van der Waals surface area contributed by atoms with Crippen LogP contribution in [0.3, 0.4) is 0 Å². The largest absolute Gasteiger partial charge is 0.355 e. The van der Waals surface area contributed by atoms with Crippen molar-refractivity contribution in [3.05, 3.63) is 45.2 Å². The summed E-state index contributed by atoms with van der Waals surface area (Å²) >= 11 is 12.0. The van der Waals surface area contributed by atoms with Gasteiger partial charge in [0.25, 0.3) is 0 Å². The zero-order valence-electron chi connectivity index (χ0n) is 12.5. The van der Waals surface area contributed by atoms with Gasteiger partial charge in [0.15, 0.2) is 0 Å². The van der Waals surface area contributed by atoms with E-state index < -0.39 is 0 Å². The molecule has 1 amide bonds. The van der Waals surface area contributed by atoms with Crippen LogP contribution in [0.5, 0.6) is 0 Å². The van der Waals surface area contributed by atoms with Gasteiger partial charge in [-0.3, -0.25) is 4.79 Å². The summed E-state index contributed by atoms with van der Waals surface area (Å²) in [6.07, 6.45) is 0.277. The molecule has 0 saturated heterocycles. The molecule has 0 aliphatic rings. The molecule has 22 heavy (non-hydrogen) atoms. The lowest BCUT2D eigenvalue weighted by atomic mass is 10.1. The molecule has 0 aliphatic carbocycles. The smallest absolute Gasteiger partial charge is 0.224 e. The van der Waals surface area contributed by atoms with Crippen LogP contribution in [-0.4, -0.2) is 28.8 Å². The van der Waals surface area contributed by atoms with Crippen LogP contribution in [0.1, 0.15) is 17.0 Å². The van der Waals surface area contributed by atoms with Crippen molar-refractivity contribution in [3.8, 4) is 5.69 Å². The highest BCUT2D eigenvalue weighted by Gasteiger charge is 2.16. The summed E-state index contributed by atoms with van der Waals surface area (Å²) in [5.74, 6) is -0.0645. The van der Waals surface area contributed by atoms with Crippen LogP contribution in [0.2, 0.25) is 10.0 Å². The Morgan fingerprint density at radius 2 is 2.05 bits per heavy atom. The van der Waals surface area contributed by atoms with E-state index in [-0.39, 0.29) is 12.3 Å². The molecule has 0 saturated carbocycles. The molecule has 1 aromatic carbocycles. The summed E-state index contributed by atoms with van der Waals surface area (Å²) < 4.78 is 1.77. The van der Waals surface area contributed by atoms with Crippen molar-refractivity contribution in [3.63, 3.8) is 0 Å². The summed E-state index contributed by atoms with van der Waals surface area (Å²) in [5, 5.41) is 8.22. The number of rotatable bonds is 5. The molecule has 1 heterocycles. The average molecular weight is 341 g/mol. The minimum atomic E-state index is -0.0645. The van der Waals surface area contributed by atoms with Gasteiger partial charge in [0.1, 0.15) is 0 Å². The maximum atomic E-state index is 11.9. The Bertz CT molecular complexity index is 697. The number of hydrogen-bond acceptors (Lipinski definition) is 3. The van der Waals surface area contributed by atoms with E-state index in [1.54, 1.807) is 16.8 Å². The van der Waals surface area contributed by atoms with Gasteiger partial charge >= 0.3 is 0 Å². The van der Waals surface area contributed by atoms with Gasteiger partial charge in [-0.15, -0.1) is 0 Å². The first-order chi connectivity index (χ1) is 10.4. The molecule has 0 radical (unpaired) electrons. The van der Waals surface area contributed by atoms with E-state index in [9.17, 15) is 4.79 Å². The third-order valence-electron chi connectivity index (χ3n) is 3.39. The van der Waals surface area contributed by atoms with Crippen molar-refractivity contribution >= 4 is 29.1 Å². The fraction of sp³-hybridized carbons (Fsp3) is 0.333. The maximum absolute atomic E-state index is 11.9. The Kier molecular flexibility index (Phi) is 5.45. The monoisotopic (exact) mass is 340 g/mol. The van der Waals surface area contributed by atoms with Crippen molar-refractivity contribution in [1.82, 2.24) is 15.1 Å². The van der Waals surface area contributed by atoms with E-state index in [4.69, 9.17) is 28.9 Å². The molecule has 2 aromatic rings. The SMILES string of the molecule is Cc1nn(-c2ccc(Cl)c(Cl)c2)c(C)c1CC(=O)NCCN. The normalized spacial score (nSPS) is 10.8. The predicted molar refractivity (Wildman–Crippen MR) is 88.8 cm³/mol. The highest BCUT2D eigenvalue weighted by molar-refractivity contribution is 6.42. The van der Waals surface area contributed by atoms with Crippen LogP contribution in [0.25, 0.3) is 5.69 Å². The minimum absolute atomic E-state index is 0.0645. The molecule has 1 aromatic heterocycles. The number of nitrogens with zero attached hydrogens (tertiary/aromatic N) is 2.